The van der Waals surface area contributed by atoms with Gasteiger partial charge in [-0.25, -0.2) is 15.0 Å². The van der Waals surface area contributed by atoms with Crippen LogP contribution in [0.5, 0.6) is 11.5 Å². The molecule has 0 spiro atoms. The maximum absolute atomic E-state index is 13.5. The number of aromatic nitrogens is 5. The van der Waals surface area contributed by atoms with Gasteiger partial charge in [-0.1, -0.05) is 26.0 Å². The fraction of sp³-hybridized carbons (Fsp3) is 0.250. The van der Waals surface area contributed by atoms with E-state index in [0.717, 1.165) is 16.7 Å². The van der Waals surface area contributed by atoms with E-state index >= 15 is 0 Å². The van der Waals surface area contributed by atoms with E-state index in [2.05, 4.69) is 18.8 Å². The molecule has 0 saturated heterocycles. The molecule has 32 heavy (non-hydrogen) atoms. The third kappa shape index (κ3) is 2.83. The van der Waals surface area contributed by atoms with Gasteiger partial charge in [0.25, 0.3) is 5.56 Å². The lowest BCUT2D eigenvalue weighted by atomic mass is 10.2. The van der Waals surface area contributed by atoms with E-state index in [-0.39, 0.29) is 5.56 Å². The van der Waals surface area contributed by atoms with Gasteiger partial charge in [0, 0.05) is 12.6 Å². The van der Waals surface area contributed by atoms with E-state index in [1.165, 1.54) is 0 Å². The molecule has 0 N–H and O–H groups in total. The molecule has 0 aliphatic carbocycles. The second-order valence-electron chi connectivity index (χ2n) is 8.34. The molecule has 8 heteroatoms. The van der Waals surface area contributed by atoms with Crippen LogP contribution in [-0.4, -0.2) is 37.3 Å². The molecule has 0 atom stereocenters. The maximum Gasteiger partial charge on any atom is 0.265 e. The number of hydrogen-bond acceptors (Lipinski definition) is 6. The van der Waals surface area contributed by atoms with Crippen molar-refractivity contribution in [2.45, 2.75) is 20.4 Å². The van der Waals surface area contributed by atoms with Crippen LogP contribution in [0, 0.1) is 5.92 Å². The van der Waals surface area contributed by atoms with Crippen molar-refractivity contribution in [3.05, 3.63) is 59.1 Å². The summed E-state index contributed by atoms with van der Waals surface area (Å²) in [6.45, 7) is 5.74. The molecule has 5 aromatic rings. The molecule has 0 bridgehead atoms. The first kappa shape index (κ1) is 18.8. The zero-order valence-electron chi connectivity index (χ0n) is 17.8. The van der Waals surface area contributed by atoms with Crippen LogP contribution >= 0.6 is 0 Å². The van der Waals surface area contributed by atoms with Gasteiger partial charge in [0.15, 0.2) is 22.8 Å². The summed E-state index contributed by atoms with van der Waals surface area (Å²) in [5, 5.41) is 0.469. The van der Waals surface area contributed by atoms with E-state index < -0.39 is 0 Å². The zero-order chi connectivity index (χ0) is 21.8. The Labute approximate surface area is 183 Å². The second kappa shape index (κ2) is 7.05. The summed E-state index contributed by atoms with van der Waals surface area (Å²) in [5.41, 5.74) is 3.81. The second-order valence-corrected chi connectivity index (χ2v) is 8.34. The lowest BCUT2D eigenvalue weighted by Crippen LogP contribution is -2.23. The Bertz CT molecular complexity index is 1570. The molecule has 4 heterocycles. The van der Waals surface area contributed by atoms with Crippen molar-refractivity contribution in [2.75, 3.05) is 13.2 Å². The Morgan fingerprint density at radius 1 is 0.969 bits per heavy atom. The van der Waals surface area contributed by atoms with E-state index in [0.29, 0.717) is 59.4 Å². The van der Waals surface area contributed by atoms with Gasteiger partial charge in [0.05, 0.1) is 23.0 Å². The minimum Gasteiger partial charge on any atom is -0.486 e. The Morgan fingerprint density at radius 3 is 2.50 bits per heavy atom. The van der Waals surface area contributed by atoms with Gasteiger partial charge < -0.3 is 9.47 Å². The molecule has 3 aromatic heterocycles. The standard InChI is InChI=1S/C24H21N5O3/c1-14(2)12-28-13-25-22-20(24(28)30)21-23(27-17-6-4-3-5-16(17)26-21)29(22)15-7-8-18-19(11-15)32-10-9-31-18/h3-8,11,13-14H,9-10,12H2,1-2H3. The number of nitrogens with zero attached hydrogens (tertiary/aromatic N) is 5. The summed E-state index contributed by atoms with van der Waals surface area (Å²) in [6, 6.07) is 13.3. The molecular formula is C24H21N5O3. The molecule has 0 unspecified atom stereocenters. The third-order valence-corrected chi connectivity index (χ3v) is 5.58. The summed E-state index contributed by atoms with van der Waals surface area (Å²) < 4.78 is 15.0. The first-order chi connectivity index (χ1) is 15.6. The predicted octanol–water partition coefficient (Wildman–Crippen LogP) is 3.71. The third-order valence-electron chi connectivity index (χ3n) is 5.58. The first-order valence-electron chi connectivity index (χ1n) is 10.7. The minimum absolute atomic E-state index is 0.116. The quantitative estimate of drug-likeness (QED) is 0.436. The SMILES string of the molecule is CC(C)Cn1cnc2c(c1=O)c1nc3ccccc3nc1n2-c1ccc2c(c1)OCCO2. The van der Waals surface area contributed by atoms with Crippen molar-refractivity contribution in [3.8, 4) is 17.2 Å². The van der Waals surface area contributed by atoms with Gasteiger partial charge in [-0.2, -0.15) is 0 Å². The highest BCUT2D eigenvalue weighted by molar-refractivity contribution is 6.05. The van der Waals surface area contributed by atoms with Crippen LogP contribution < -0.4 is 15.0 Å². The van der Waals surface area contributed by atoms with Crippen LogP contribution in [0.4, 0.5) is 0 Å². The molecule has 0 saturated carbocycles. The highest BCUT2D eigenvalue weighted by Gasteiger charge is 2.22. The molecule has 1 aliphatic rings. The molecule has 6 rings (SSSR count). The van der Waals surface area contributed by atoms with Crippen molar-refractivity contribution in [1.82, 2.24) is 24.1 Å². The molecule has 1 aliphatic heterocycles. The number of rotatable bonds is 3. The molecule has 8 nitrogen and oxygen atoms in total. The Kier molecular flexibility index (Phi) is 4.14. The highest BCUT2D eigenvalue weighted by Crippen LogP contribution is 2.35. The summed E-state index contributed by atoms with van der Waals surface area (Å²) >= 11 is 0. The Hall–Kier alpha value is -3.94. The van der Waals surface area contributed by atoms with Crippen LogP contribution in [0.1, 0.15) is 13.8 Å². The van der Waals surface area contributed by atoms with Crippen LogP contribution in [0.3, 0.4) is 0 Å². The lowest BCUT2D eigenvalue weighted by molar-refractivity contribution is 0.171. The fourth-order valence-corrected chi connectivity index (χ4v) is 4.21. The molecule has 0 radical (unpaired) electrons. The predicted molar refractivity (Wildman–Crippen MR) is 122 cm³/mol. The van der Waals surface area contributed by atoms with E-state index in [1.54, 1.807) is 10.9 Å². The van der Waals surface area contributed by atoms with Crippen molar-refractivity contribution in [3.63, 3.8) is 0 Å². The number of hydrogen-bond donors (Lipinski definition) is 0. The van der Waals surface area contributed by atoms with E-state index in [1.807, 2.05) is 47.0 Å². The summed E-state index contributed by atoms with van der Waals surface area (Å²) in [6.07, 6.45) is 1.61. The largest absolute Gasteiger partial charge is 0.486 e. The smallest absolute Gasteiger partial charge is 0.265 e. The van der Waals surface area contributed by atoms with Crippen LogP contribution in [0.2, 0.25) is 0 Å². The van der Waals surface area contributed by atoms with Crippen molar-refractivity contribution < 1.29 is 9.47 Å². The minimum atomic E-state index is -0.116. The summed E-state index contributed by atoms with van der Waals surface area (Å²) in [5.74, 6) is 1.67. The van der Waals surface area contributed by atoms with Gasteiger partial charge >= 0.3 is 0 Å². The Balaban J connectivity index is 1.72. The maximum atomic E-state index is 13.5. The molecule has 0 fully saturated rings. The normalized spacial score (nSPS) is 13.5. The Morgan fingerprint density at radius 2 is 1.72 bits per heavy atom. The van der Waals surface area contributed by atoms with Gasteiger partial charge in [-0.05, 0) is 30.2 Å². The highest BCUT2D eigenvalue weighted by atomic mass is 16.6. The van der Waals surface area contributed by atoms with Crippen molar-refractivity contribution >= 4 is 33.2 Å². The van der Waals surface area contributed by atoms with Crippen LogP contribution in [0.15, 0.2) is 53.6 Å². The molecule has 2 aromatic carbocycles. The zero-order valence-corrected chi connectivity index (χ0v) is 17.8. The summed E-state index contributed by atoms with van der Waals surface area (Å²) in [7, 11) is 0. The average Bonchev–Trinajstić information content (AvgIpc) is 3.12. The van der Waals surface area contributed by atoms with Gasteiger partial charge in [-0.15, -0.1) is 0 Å². The van der Waals surface area contributed by atoms with Crippen LogP contribution in [-0.2, 0) is 6.54 Å². The van der Waals surface area contributed by atoms with Gasteiger partial charge in [0.2, 0.25) is 0 Å². The number of ether oxygens (including phenoxy) is 2. The molecule has 160 valence electrons. The lowest BCUT2D eigenvalue weighted by Gasteiger charge is -2.19. The van der Waals surface area contributed by atoms with Gasteiger partial charge in [-0.3, -0.25) is 13.9 Å². The van der Waals surface area contributed by atoms with Crippen molar-refractivity contribution in [2.24, 2.45) is 5.92 Å². The summed E-state index contributed by atoms with van der Waals surface area (Å²) in [4.78, 5) is 27.9. The first-order valence-corrected chi connectivity index (χ1v) is 10.7. The molecule has 0 amide bonds. The van der Waals surface area contributed by atoms with E-state index in [4.69, 9.17) is 19.4 Å². The van der Waals surface area contributed by atoms with Crippen molar-refractivity contribution in [1.29, 1.82) is 0 Å². The van der Waals surface area contributed by atoms with Gasteiger partial charge in [0.1, 0.15) is 24.1 Å². The number of benzene rings is 2. The van der Waals surface area contributed by atoms with Crippen LogP contribution in [0.25, 0.3) is 38.9 Å². The van der Waals surface area contributed by atoms with E-state index in [9.17, 15) is 4.79 Å². The molecular weight excluding hydrogens is 406 g/mol. The fourth-order valence-electron chi connectivity index (χ4n) is 4.21. The monoisotopic (exact) mass is 427 g/mol. The topological polar surface area (TPSA) is 84.1 Å². The average molecular weight is 427 g/mol. The number of para-hydroxylation sites is 2. The number of fused-ring (bicyclic) bond motifs is 5.